The highest BCUT2D eigenvalue weighted by Gasteiger charge is 2.08. The molecule has 116 valence electrons. The van der Waals surface area contributed by atoms with Crippen LogP contribution >= 0.6 is 23.2 Å². The Morgan fingerprint density at radius 3 is 2.50 bits per heavy atom. The van der Waals surface area contributed by atoms with E-state index in [0.29, 0.717) is 28.3 Å². The van der Waals surface area contributed by atoms with Crippen molar-refractivity contribution in [1.82, 2.24) is 15.5 Å². The van der Waals surface area contributed by atoms with Gasteiger partial charge < -0.3 is 10.6 Å². The molecular formula is C15H16Cl2N4O. The molecule has 0 saturated carbocycles. The van der Waals surface area contributed by atoms with Crippen LogP contribution in [0.3, 0.4) is 0 Å². The normalized spacial score (nSPS) is 10.6. The zero-order valence-electron chi connectivity index (χ0n) is 12.2. The molecule has 1 aromatic carbocycles. The van der Waals surface area contributed by atoms with Crippen LogP contribution in [0.15, 0.2) is 30.3 Å². The second-order valence-corrected chi connectivity index (χ2v) is 5.98. The minimum Gasteiger partial charge on any atom is -0.350 e. The van der Waals surface area contributed by atoms with Crippen LogP contribution < -0.4 is 10.6 Å². The van der Waals surface area contributed by atoms with E-state index in [1.54, 1.807) is 30.3 Å². The fraction of sp³-hybridized carbons (Fsp3) is 0.267. The van der Waals surface area contributed by atoms with Crippen molar-refractivity contribution in [2.24, 2.45) is 5.92 Å². The van der Waals surface area contributed by atoms with Crippen LogP contribution in [0.4, 0.5) is 11.5 Å². The highest BCUT2D eigenvalue weighted by Crippen LogP contribution is 2.26. The molecular weight excluding hydrogens is 323 g/mol. The molecule has 7 heteroatoms. The summed E-state index contributed by atoms with van der Waals surface area (Å²) in [5.41, 5.74) is 1.01. The zero-order valence-corrected chi connectivity index (χ0v) is 13.7. The quantitative estimate of drug-likeness (QED) is 0.867. The molecule has 0 radical (unpaired) electrons. The van der Waals surface area contributed by atoms with Gasteiger partial charge in [0.25, 0.3) is 5.91 Å². The Kier molecular flexibility index (Phi) is 5.57. The van der Waals surface area contributed by atoms with Crippen molar-refractivity contribution in [3.8, 4) is 0 Å². The summed E-state index contributed by atoms with van der Waals surface area (Å²) in [6.07, 6.45) is 0. The third kappa shape index (κ3) is 4.58. The van der Waals surface area contributed by atoms with Crippen molar-refractivity contribution in [1.29, 1.82) is 0 Å². The van der Waals surface area contributed by atoms with Crippen LogP contribution in [0.5, 0.6) is 0 Å². The molecule has 0 aliphatic carbocycles. The summed E-state index contributed by atoms with van der Waals surface area (Å²) in [5.74, 6) is 0.661. The number of nitrogens with zero attached hydrogens (tertiary/aromatic N) is 2. The summed E-state index contributed by atoms with van der Waals surface area (Å²) in [6, 6.07) is 8.45. The van der Waals surface area contributed by atoms with Crippen LogP contribution in [0.25, 0.3) is 0 Å². The van der Waals surface area contributed by atoms with Gasteiger partial charge in [0.1, 0.15) is 0 Å². The molecule has 22 heavy (non-hydrogen) atoms. The van der Waals surface area contributed by atoms with Gasteiger partial charge in [-0.15, -0.1) is 10.2 Å². The predicted molar refractivity (Wildman–Crippen MR) is 88.9 cm³/mol. The number of amides is 1. The molecule has 1 heterocycles. The van der Waals surface area contributed by atoms with Gasteiger partial charge in [-0.2, -0.15) is 0 Å². The number of hydrogen-bond acceptors (Lipinski definition) is 4. The Morgan fingerprint density at radius 1 is 1.14 bits per heavy atom. The fourth-order valence-electron chi connectivity index (χ4n) is 1.63. The number of anilines is 2. The Labute approximate surface area is 139 Å². The van der Waals surface area contributed by atoms with Gasteiger partial charge in [-0.3, -0.25) is 4.79 Å². The first-order chi connectivity index (χ1) is 10.5. The second kappa shape index (κ2) is 7.42. The maximum Gasteiger partial charge on any atom is 0.271 e. The number of benzene rings is 1. The minimum atomic E-state index is -0.234. The van der Waals surface area contributed by atoms with Gasteiger partial charge in [-0.25, -0.2) is 0 Å². The molecule has 0 aliphatic rings. The minimum absolute atomic E-state index is 0.234. The number of halogens is 2. The lowest BCUT2D eigenvalue weighted by atomic mass is 10.2. The van der Waals surface area contributed by atoms with E-state index in [1.807, 2.05) is 13.8 Å². The summed E-state index contributed by atoms with van der Waals surface area (Å²) >= 11 is 11.8. The van der Waals surface area contributed by atoms with Crippen molar-refractivity contribution in [2.45, 2.75) is 13.8 Å². The molecule has 2 aromatic rings. The van der Waals surface area contributed by atoms with Gasteiger partial charge in [0.15, 0.2) is 11.5 Å². The smallest absolute Gasteiger partial charge is 0.271 e. The van der Waals surface area contributed by atoms with Crippen LogP contribution in [-0.2, 0) is 0 Å². The van der Waals surface area contributed by atoms with Gasteiger partial charge in [-0.1, -0.05) is 37.0 Å². The monoisotopic (exact) mass is 338 g/mol. The summed E-state index contributed by atoms with van der Waals surface area (Å²) in [6.45, 7) is 4.65. The van der Waals surface area contributed by atoms with Crippen molar-refractivity contribution < 1.29 is 4.79 Å². The lowest BCUT2D eigenvalue weighted by molar-refractivity contribution is 0.0943. The van der Waals surface area contributed by atoms with Crippen LogP contribution in [-0.4, -0.2) is 22.6 Å². The molecule has 5 nitrogen and oxygen atoms in total. The van der Waals surface area contributed by atoms with E-state index in [-0.39, 0.29) is 11.6 Å². The van der Waals surface area contributed by atoms with Gasteiger partial charge in [-0.05, 0) is 36.2 Å². The van der Waals surface area contributed by atoms with E-state index in [4.69, 9.17) is 23.2 Å². The highest BCUT2D eigenvalue weighted by molar-refractivity contribution is 6.42. The number of carbonyl (C=O) groups excluding carboxylic acids is 1. The van der Waals surface area contributed by atoms with Crippen molar-refractivity contribution in [3.63, 3.8) is 0 Å². The van der Waals surface area contributed by atoms with Crippen LogP contribution in [0, 0.1) is 5.92 Å². The molecule has 0 aliphatic heterocycles. The van der Waals surface area contributed by atoms with E-state index >= 15 is 0 Å². The Balaban J connectivity index is 2.02. The van der Waals surface area contributed by atoms with E-state index in [9.17, 15) is 4.79 Å². The SMILES string of the molecule is CC(C)CNC(=O)c1ccc(Nc2ccc(Cl)c(Cl)c2)nn1. The van der Waals surface area contributed by atoms with Crippen LogP contribution in [0.1, 0.15) is 24.3 Å². The number of aromatic nitrogens is 2. The van der Waals surface area contributed by atoms with Crippen molar-refractivity contribution >= 4 is 40.6 Å². The van der Waals surface area contributed by atoms with E-state index in [1.165, 1.54) is 0 Å². The largest absolute Gasteiger partial charge is 0.350 e. The number of rotatable bonds is 5. The second-order valence-electron chi connectivity index (χ2n) is 5.16. The topological polar surface area (TPSA) is 66.9 Å². The van der Waals surface area contributed by atoms with Crippen LogP contribution in [0.2, 0.25) is 10.0 Å². The van der Waals surface area contributed by atoms with E-state index in [2.05, 4.69) is 20.8 Å². The Morgan fingerprint density at radius 2 is 1.91 bits per heavy atom. The number of nitrogens with one attached hydrogen (secondary N) is 2. The standard InChI is InChI=1S/C15H16Cl2N4O/c1-9(2)8-18-15(22)13-5-6-14(21-20-13)19-10-3-4-11(16)12(17)7-10/h3-7,9H,8H2,1-2H3,(H,18,22)(H,19,21). The summed E-state index contributed by atoms with van der Waals surface area (Å²) in [4.78, 5) is 11.8. The molecule has 0 bridgehead atoms. The first kappa shape index (κ1) is 16.5. The average Bonchev–Trinajstić information content (AvgIpc) is 2.49. The number of hydrogen-bond donors (Lipinski definition) is 2. The molecule has 1 amide bonds. The molecule has 0 unspecified atom stereocenters. The first-order valence-electron chi connectivity index (χ1n) is 6.79. The Hall–Kier alpha value is -1.85. The molecule has 1 aromatic heterocycles. The molecule has 2 N–H and O–H groups in total. The van der Waals surface area contributed by atoms with Gasteiger partial charge in [0.05, 0.1) is 10.0 Å². The fourth-order valence-corrected chi connectivity index (χ4v) is 1.93. The third-order valence-electron chi connectivity index (χ3n) is 2.76. The zero-order chi connectivity index (χ0) is 16.1. The first-order valence-corrected chi connectivity index (χ1v) is 7.55. The summed E-state index contributed by atoms with van der Waals surface area (Å²) in [5, 5.41) is 14.6. The highest BCUT2D eigenvalue weighted by atomic mass is 35.5. The predicted octanol–water partition coefficient (Wildman–Crippen LogP) is 3.91. The molecule has 2 rings (SSSR count). The maximum absolute atomic E-state index is 11.8. The van der Waals surface area contributed by atoms with Crippen molar-refractivity contribution in [3.05, 3.63) is 46.1 Å². The Bertz CT molecular complexity index is 659. The van der Waals surface area contributed by atoms with Crippen molar-refractivity contribution in [2.75, 3.05) is 11.9 Å². The van der Waals surface area contributed by atoms with Gasteiger partial charge in [0.2, 0.25) is 0 Å². The lowest BCUT2D eigenvalue weighted by Crippen LogP contribution is -2.28. The molecule has 0 atom stereocenters. The lowest BCUT2D eigenvalue weighted by Gasteiger charge is -2.08. The van der Waals surface area contributed by atoms with E-state index < -0.39 is 0 Å². The third-order valence-corrected chi connectivity index (χ3v) is 3.50. The summed E-state index contributed by atoms with van der Waals surface area (Å²) < 4.78 is 0. The van der Waals surface area contributed by atoms with Gasteiger partial charge in [0, 0.05) is 12.2 Å². The molecule has 0 spiro atoms. The average molecular weight is 339 g/mol. The number of carbonyl (C=O) groups is 1. The summed E-state index contributed by atoms with van der Waals surface area (Å²) in [7, 11) is 0. The molecule has 0 fully saturated rings. The van der Waals surface area contributed by atoms with Gasteiger partial charge >= 0.3 is 0 Å². The maximum atomic E-state index is 11.8. The van der Waals surface area contributed by atoms with E-state index in [0.717, 1.165) is 5.69 Å². The molecule has 0 saturated heterocycles.